The Kier molecular flexibility index (Phi) is 10.8. The molecule has 1 aliphatic heterocycles. The fourth-order valence-electron chi connectivity index (χ4n) is 7.64. The first-order chi connectivity index (χ1) is 22.4. The largest absolute Gasteiger partial charge is 0.481 e. The minimum atomic E-state index is -1.05. The predicted molar refractivity (Wildman–Crippen MR) is 184 cm³/mol. The highest BCUT2D eigenvalue weighted by molar-refractivity contribution is 6.48. The quantitative estimate of drug-likeness (QED) is 0.222. The van der Waals surface area contributed by atoms with Crippen molar-refractivity contribution in [3.8, 4) is 11.8 Å². The van der Waals surface area contributed by atoms with Crippen LogP contribution in [0.3, 0.4) is 0 Å². The molecule has 0 spiro atoms. The maximum Gasteiger partial charge on any atom is 0.481 e. The molecule has 47 heavy (non-hydrogen) atoms. The van der Waals surface area contributed by atoms with Gasteiger partial charge in [0, 0.05) is 23.6 Å². The molecule has 9 heteroatoms. The van der Waals surface area contributed by atoms with E-state index in [1.165, 1.54) is 0 Å². The van der Waals surface area contributed by atoms with Crippen LogP contribution in [0.4, 0.5) is 0 Å². The number of benzene rings is 2. The molecule has 2 aromatic carbocycles. The third-order valence-electron chi connectivity index (χ3n) is 10.6. The van der Waals surface area contributed by atoms with Gasteiger partial charge in [-0.15, -0.1) is 0 Å². The highest BCUT2D eigenvalue weighted by Crippen LogP contribution is 2.65. The lowest BCUT2D eigenvalue weighted by Gasteiger charge is -2.64. The van der Waals surface area contributed by atoms with Crippen molar-refractivity contribution in [1.29, 1.82) is 0 Å². The predicted octanol–water partition coefficient (Wildman–Crippen LogP) is 5.09. The van der Waals surface area contributed by atoms with E-state index in [2.05, 4.69) is 69.3 Å². The molecule has 3 saturated carbocycles. The van der Waals surface area contributed by atoms with Crippen molar-refractivity contribution in [3.63, 3.8) is 0 Å². The molecule has 4 fully saturated rings. The Balaban J connectivity index is 1.30. The zero-order chi connectivity index (χ0) is 33.8. The molecule has 2 bridgehead atoms. The summed E-state index contributed by atoms with van der Waals surface area (Å²) >= 11 is 0. The van der Waals surface area contributed by atoms with E-state index in [0.717, 1.165) is 37.7 Å². The number of unbranched alkanes of at least 4 members (excludes halogenated alkanes) is 1. The lowest BCUT2D eigenvalue weighted by atomic mass is 9.43. The van der Waals surface area contributed by atoms with Gasteiger partial charge in [0.15, 0.2) is 0 Å². The maximum atomic E-state index is 14.0. The molecule has 6 atom stereocenters. The van der Waals surface area contributed by atoms with Crippen LogP contribution in [0.2, 0.25) is 0 Å². The van der Waals surface area contributed by atoms with Crippen molar-refractivity contribution >= 4 is 24.8 Å². The summed E-state index contributed by atoms with van der Waals surface area (Å²) in [5.41, 5.74) is 2.09. The molecule has 1 heterocycles. The van der Waals surface area contributed by atoms with Crippen molar-refractivity contribution in [2.24, 2.45) is 23.2 Å². The van der Waals surface area contributed by atoms with E-state index >= 15 is 0 Å². The zero-order valence-electron chi connectivity index (χ0n) is 28.7. The number of nitrogens with one attached hydrogen (secondary N) is 3. The Morgan fingerprint density at radius 3 is 2.38 bits per heavy atom. The average Bonchev–Trinajstić information content (AvgIpc) is 3.42. The van der Waals surface area contributed by atoms with Crippen LogP contribution in [0.15, 0.2) is 54.6 Å². The van der Waals surface area contributed by atoms with Crippen LogP contribution in [-0.2, 0) is 25.3 Å². The van der Waals surface area contributed by atoms with Gasteiger partial charge in [-0.1, -0.05) is 77.3 Å². The average molecular weight is 640 g/mol. The Bertz CT molecular complexity index is 1480. The molecule has 6 rings (SSSR count). The Hall–Kier alpha value is -3.61. The van der Waals surface area contributed by atoms with Crippen molar-refractivity contribution in [1.82, 2.24) is 16.0 Å². The van der Waals surface area contributed by atoms with Crippen molar-refractivity contribution < 1.29 is 23.7 Å². The highest BCUT2D eigenvalue weighted by atomic mass is 16.7. The van der Waals surface area contributed by atoms with Crippen molar-refractivity contribution in [3.05, 3.63) is 71.3 Å². The summed E-state index contributed by atoms with van der Waals surface area (Å²) in [6.45, 7) is 13.0. The first-order valence-corrected chi connectivity index (χ1v) is 17.3. The summed E-state index contributed by atoms with van der Waals surface area (Å²) in [7, 11) is -0.607. The molecule has 0 aromatic heterocycles. The molecule has 8 nitrogen and oxygen atoms in total. The van der Waals surface area contributed by atoms with E-state index in [1.807, 2.05) is 42.5 Å². The molecule has 3 amide bonds. The number of carbonyl (C=O) groups excluding carboxylic acids is 3. The van der Waals surface area contributed by atoms with Crippen molar-refractivity contribution in [2.75, 3.05) is 6.54 Å². The first-order valence-electron chi connectivity index (χ1n) is 17.3. The smallest absolute Gasteiger partial charge is 0.404 e. The van der Waals surface area contributed by atoms with E-state index in [4.69, 9.17) is 9.31 Å². The number of hydrogen-bond donors (Lipinski definition) is 3. The minimum Gasteiger partial charge on any atom is -0.404 e. The van der Waals surface area contributed by atoms with Gasteiger partial charge in [0.1, 0.15) is 6.04 Å². The molecule has 0 radical (unpaired) electrons. The Labute approximate surface area is 280 Å². The van der Waals surface area contributed by atoms with Gasteiger partial charge in [0.05, 0.1) is 17.6 Å². The van der Waals surface area contributed by atoms with Gasteiger partial charge in [-0.05, 0) is 92.0 Å². The van der Waals surface area contributed by atoms with E-state index in [-0.39, 0.29) is 24.0 Å². The minimum absolute atomic E-state index is 0.0193. The van der Waals surface area contributed by atoms with Crippen LogP contribution in [0.5, 0.6) is 0 Å². The topological polar surface area (TPSA) is 106 Å². The van der Waals surface area contributed by atoms with Crippen LogP contribution in [-0.4, -0.2) is 55.1 Å². The van der Waals surface area contributed by atoms with E-state index in [1.54, 1.807) is 12.1 Å². The number of aryl methyl sites for hydroxylation is 1. The summed E-state index contributed by atoms with van der Waals surface area (Å²) in [4.78, 5) is 40.1. The van der Waals surface area contributed by atoms with Crippen LogP contribution in [0.25, 0.3) is 0 Å². The second-order valence-corrected chi connectivity index (χ2v) is 14.7. The van der Waals surface area contributed by atoms with Crippen LogP contribution < -0.4 is 16.0 Å². The summed E-state index contributed by atoms with van der Waals surface area (Å²) < 4.78 is 13.3. The highest BCUT2D eigenvalue weighted by Gasteiger charge is 2.68. The molecular formula is C38H50BN3O5. The van der Waals surface area contributed by atoms with Crippen LogP contribution >= 0.6 is 0 Å². The first kappa shape index (κ1) is 34.7. The van der Waals surface area contributed by atoms with E-state index in [0.29, 0.717) is 29.4 Å². The maximum absolute atomic E-state index is 14.0. The third kappa shape index (κ3) is 7.93. The van der Waals surface area contributed by atoms with Gasteiger partial charge in [-0.25, -0.2) is 0 Å². The monoisotopic (exact) mass is 639 g/mol. The summed E-state index contributed by atoms with van der Waals surface area (Å²) in [5.74, 6) is 4.87. The third-order valence-corrected chi connectivity index (χ3v) is 10.6. The molecule has 3 aliphatic carbocycles. The van der Waals surface area contributed by atoms with Crippen LogP contribution in [0.1, 0.15) is 95.1 Å². The summed E-state index contributed by atoms with van der Waals surface area (Å²) in [5, 5.41) is 8.73. The normalized spacial score (nSPS) is 25.0. The van der Waals surface area contributed by atoms with Gasteiger partial charge in [-0.3, -0.25) is 14.4 Å². The molecule has 250 valence electrons. The summed E-state index contributed by atoms with van der Waals surface area (Å²) in [6.07, 6.45) is 5.81. The van der Waals surface area contributed by atoms with E-state index in [9.17, 15) is 14.4 Å². The Morgan fingerprint density at radius 1 is 1.00 bits per heavy atom. The lowest BCUT2D eigenvalue weighted by Crippen LogP contribution is -2.65. The number of hydrogen-bond acceptors (Lipinski definition) is 5. The van der Waals surface area contributed by atoms with Crippen molar-refractivity contribution in [2.45, 2.75) is 104 Å². The standard InChI is InChI=1S/C38H50BN3O5/c1-7-8-12-27-15-18-28(19-16-27)35(44)41-30(24-40-34(43)20-17-26-13-10-9-11-14-26)36(45)42-33(21-25(2)3)39-46-32-23-29-22-31(37(29,4)5)38(32,6)47-39/h9-11,13-16,18-19,25,29-33H,7-8,12,21-24H2,1-6H3,(H,40,43)(H,41,44)(H,42,45)/t29-,30-,31-,32+,33-,38-/m0/s1. The second-order valence-electron chi connectivity index (χ2n) is 14.7. The number of carbonyl (C=O) groups is 3. The molecular weight excluding hydrogens is 589 g/mol. The van der Waals surface area contributed by atoms with E-state index < -0.39 is 42.4 Å². The van der Waals surface area contributed by atoms with Gasteiger partial charge in [-0.2, -0.15) is 0 Å². The lowest BCUT2D eigenvalue weighted by molar-refractivity contribution is -0.199. The second kappa shape index (κ2) is 14.7. The van der Waals surface area contributed by atoms with Crippen LogP contribution in [0, 0.1) is 35.0 Å². The number of rotatable bonds is 12. The van der Waals surface area contributed by atoms with Gasteiger partial charge < -0.3 is 25.3 Å². The Morgan fingerprint density at radius 2 is 1.72 bits per heavy atom. The fourth-order valence-corrected chi connectivity index (χ4v) is 7.64. The zero-order valence-corrected chi connectivity index (χ0v) is 28.7. The molecule has 0 unspecified atom stereocenters. The number of amides is 3. The van der Waals surface area contributed by atoms with Gasteiger partial charge >= 0.3 is 7.12 Å². The molecule has 3 N–H and O–H groups in total. The fraction of sp³-hybridized carbons (Fsp3) is 0.553. The molecule has 4 aliphatic rings. The molecule has 1 saturated heterocycles. The SMILES string of the molecule is CCCCc1ccc(C(=O)N[C@@H](CNC(=O)C#Cc2ccccc2)C(=O)N[C@@H](CC(C)C)B2O[C@@H]3C[C@@H]4C[C@@H](C4(C)C)[C@]3(C)O2)cc1. The molecule has 2 aromatic rings. The van der Waals surface area contributed by atoms with Gasteiger partial charge in [0.25, 0.3) is 11.8 Å². The van der Waals surface area contributed by atoms with Gasteiger partial charge in [0.2, 0.25) is 5.91 Å². The summed E-state index contributed by atoms with van der Waals surface area (Å²) in [6, 6.07) is 15.6.